The van der Waals surface area contributed by atoms with Crippen molar-refractivity contribution in [2.75, 3.05) is 5.32 Å². The number of fused-ring (bicyclic) bond motifs is 1. The molecule has 0 spiro atoms. The molecule has 100 valence electrons. The summed E-state index contributed by atoms with van der Waals surface area (Å²) in [6.45, 7) is 0. The molecule has 0 unspecified atom stereocenters. The third-order valence-electron chi connectivity index (χ3n) is 3.70. The fourth-order valence-corrected chi connectivity index (χ4v) is 2.60. The van der Waals surface area contributed by atoms with E-state index in [0.29, 0.717) is 12.0 Å². The second-order valence-electron chi connectivity index (χ2n) is 5.03. The van der Waals surface area contributed by atoms with Gasteiger partial charge < -0.3 is 11.1 Å². The molecule has 2 aromatic rings. The van der Waals surface area contributed by atoms with E-state index in [0.717, 1.165) is 31.3 Å². The van der Waals surface area contributed by atoms with Crippen molar-refractivity contribution in [2.24, 2.45) is 11.7 Å². The summed E-state index contributed by atoms with van der Waals surface area (Å²) in [5, 5.41) is 7.70. The van der Waals surface area contributed by atoms with Gasteiger partial charge in [-0.3, -0.25) is 4.79 Å². The second kappa shape index (κ2) is 4.87. The van der Waals surface area contributed by atoms with Gasteiger partial charge in [-0.25, -0.2) is 4.52 Å². The highest BCUT2D eigenvalue weighted by Gasteiger charge is 2.25. The Balaban J connectivity index is 1.64. The Kier molecular flexibility index (Phi) is 3.06. The molecule has 1 aliphatic rings. The number of anilines is 1. The summed E-state index contributed by atoms with van der Waals surface area (Å²) in [5.74, 6) is 0.505. The topological polar surface area (TPSA) is 85.3 Å². The first kappa shape index (κ1) is 12.0. The van der Waals surface area contributed by atoms with Crippen LogP contribution in [0.3, 0.4) is 0 Å². The number of nitrogens with one attached hydrogen (secondary N) is 1. The van der Waals surface area contributed by atoms with Crippen molar-refractivity contribution in [3.63, 3.8) is 0 Å². The molecule has 0 atom stereocenters. The molecule has 2 aromatic heterocycles. The lowest BCUT2D eigenvalue weighted by atomic mass is 9.86. The van der Waals surface area contributed by atoms with Crippen LogP contribution in [0, 0.1) is 5.92 Å². The van der Waals surface area contributed by atoms with Gasteiger partial charge in [0.2, 0.25) is 11.9 Å². The molecule has 1 fully saturated rings. The fourth-order valence-electron chi connectivity index (χ4n) is 2.60. The van der Waals surface area contributed by atoms with Crippen molar-refractivity contribution in [3.05, 3.63) is 24.4 Å². The summed E-state index contributed by atoms with van der Waals surface area (Å²) < 4.78 is 1.75. The van der Waals surface area contributed by atoms with Crippen LogP contribution >= 0.6 is 0 Å². The van der Waals surface area contributed by atoms with Crippen molar-refractivity contribution in [3.8, 4) is 0 Å². The first-order valence-electron chi connectivity index (χ1n) is 6.59. The Morgan fingerprint density at radius 2 is 2.11 bits per heavy atom. The van der Waals surface area contributed by atoms with Gasteiger partial charge >= 0.3 is 0 Å². The Labute approximate surface area is 111 Å². The number of hydrogen-bond acceptors (Lipinski definition) is 4. The number of pyridine rings is 1. The van der Waals surface area contributed by atoms with Crippen molar-refractivity contribution in [2.45, 2.75) is 31.7 Å². The zero-order chi connectivity index (χ0) is 13.2. The van der Waals surface area contributed by atoms with Crippen LogP contribution in [0.25, 0.3) is 5.65 Å². The summed E-state index contributed by atoms with van der Waals surface area (Å²) in [7, 11) is 0. The lowest BCUT2D eigenvalue weighted by molar-refractivity contribution is -0.122. The predicted molar refractivity (Wildman–Crippen MR) is 71.6 cm³/mol. The van der Waals surface area contributed by atoms with Crippen molar-refractivity contribution < 1.29 is 4.79 Å². The molecule has 0 aliphatic heterocycles. The van der Waals surface area contributed by atoms with Crippen LogP contribution in [0.15, 0.2) is 24.4 Å². The average molecular weight is 259 g/mol. The van der Waals surface area contributed by atoms with Gasteiger partial charge in [0.15, 0.2) is 5.65 Å². The molecule has 1 saturated carbocycles. The van der Waals surface area contributed by atoms with E-state index in [4.69, 9.17) is 5.73 Å². The smallest absolute Gasteiger partial charge is 0.243 e. The third-order valence-corrected chi connectivity index (χ3v) is 3.70. The van der Waals surface area contributed by atoms with E-state index >= 15 is 0 Å². The summed E-state index contributed by atoms with van der Waals surface area (Å²) in [5.41, 5.74) is 6.16. The molecular formula is C13H17N5O. The molecule has 6 nitrogen and oxygen atoms in total. The van der Waals surface area contributed by atoms with E-state index in [2.05, 4.69) is 15.4 Å². The highest BCUT2D eigenvalue weighted by molar-refractivity contribution is 5.76. The van der Waals surface area contributed by atoms with Gasteiger partial charge in [0, 0.05) is 18.2 Å². The number of hydrogen-bond donors (Lipinski definition) is 2. The molecule has 1 aliphatic carbocycles. The molecule has 0 aromatic carbocycles. The van der Waals surface area contributed by atoms with Gasteiger partial charge in [0.05, 0.1) is 0 Å². The molecule has 1 amide bonds. The number of amides is 1. The van der Waals surface area contributed by atoms with Crippen LogP contribution in [0.1, 0.15) is 25.7 Å². The Hall–Kier alpha value is -2.11. The summed E-state index contributed by atoms with van der Waals surface area (Å²) in [4.78, 5) is 15.5. The van der Waals surface area contributed by atoms with Crippen LogP contribution in [0.4, 0.5) is 5.95 Å². The van der Waals surface area contributed by atoms with Crippen molar-refractivity contribution >= 4 is 17.5 Å². The monoisotopic (exact) mass is 259 g/mol. The van der Waals surface area contributed by atoms with Gasteiger partial charge in [-0.1, -0.05) is 6.07 Å². The van der Waals surface area contributed by atoms with Crippen LogP contribution < -0.4 is 11.1 Å². The zero-order valence-corrected chi connectivity index (χ0v) is 10.6. The maximum absolute atomic E-state index is 11.1. The second-order valence-corrected chi connectivity index (χ2v) is 5.03. The molecule has 6 heteroatoms. The number of nitrogens with two attached hydrogens (primary N) is 1. The SMILES string of the molecule is NC(=O)C1CCC(Nc2nc3ccccn3n2)CC1. The van der Waals surface area contributed by atoms with Crippen LogP contribution in [0.5, 0.6) is 0 Å². The molecule has 19 heavy (non-hydrogen) atoms. The first-order chi connectivity index (χ1) is 9.22. The Bertz CT molecular complexity index is 552. The first-order valence-corrected chi connectivity index (χ1v) is 6.59. The van der Waals surface area contributed by atoms with Crippen LogP contribution in [-0.2, 0) is 4.79 Å². The van der Waals surface area contributed by atoms with Gasteiger partial charge in [0.25, 0.3) is 0 Å². The van der Waals surface area contributed by atoms with E-state index in [9.17, 15) is 4.79 Å². The van der Waals surface area contributed by atoms with Crippen LogP contribution in [-0.4, -0.2) is 26.5 Å². The lowest BCUT2D eigenvalue weighted by Crippen LogP contribution is -2.32. The molecule has 0 radical (unpaired) electrons. The maximum Gasteiger partial charge on any atom is 0.243 e. The number of aromatic nitrogens is 3. The maximum atomic E-state index is 11.1. The average Bonchev–Trinajstić information content (AvgIpc) is 2.81. The number of carbonyl (C=O) groups is 1. The van der Waals surface area contributed by atoms with Gasteiger partial charge in [-0.05, 0) is 37.8 Å². The Morgan fingerprint density at radius 1 is 1.32 bits per heavy atom. The minimum Gasteiger partial charge on any atom is -0.369 e. The van der Waals surface area contributed by atoms with E-state index in [1.807, 2.05) is 24.4 Å². The van der Waals surface area contributed by atoms with Crippen LogP contribution in [0.2, 0.25) is 0 Å². The number of nitrogens with zero attached hydrogens (tertiary/aromatic N) is 3. The molecule has 3 N–H and O–H groups in total. The number of rotatable bonds is 3. The lowest BCUT2D eigenvalue weighted by Gasteiger charge is -2.26. The van der Waals surface area contributed by atoms with Crippen molar-refractivity contribution in [1.29, 1.82) is 0 Å². The van der Waals surface area contributed by atoms with Gasteiger partial charge in [0.1, 0.15) is 0 Å². The minimum atomic E-state index is -0.177. The molecule has 0 bridgehead atoms. The van der Waals surface area contributed by atoms with Crippen molar-refractivity contribution in [1.82, 2.24) is 14.6 Å². The number of primary amides is 1. The minimum absolute atomic E-state index is 0.0343. The summed E-state index contributed by atoms with van der Waals surface area (Å²) in [6.07, 6.45) is 5.44. The molecular weight excluding hydrogens is 242 g/mol. The highest BCUT2D eigenvalue weighted by atomic mass is 16.1. The normalized spacial score (nSPS) is 23.4. The van der Waals surface area contributed by atoms with E-state index < -0.39 is 0 Å². The quantitative estimate of drug-likeness (QED) is 0.867. The fraction of sp³-hybridized carbons (Fsp3) is 0.462. The Morgan fingerprint density at radius 3 is 2.79 bits per heavy atom. The highest BCUT2D eigenvalue weighted by Crippen LogP contribution is 2.25. The van der Waals surface area contributed by atoms with Gasteiger partial charge in [-0.15, -0.1) is 5.10 Å². The summed E-state index contributed by atoms with van der Waals surface area (Å²) in [6, 6.07) is 6.10. The number of carbonyl (C=O) groups excluding carboxylic acids is 1. The third kappa shape index (κ3) is 2.52. The largest absolute Gasteiger partial charge is 0.369 e. The molecule has 2 heterocycles. The zero-order valence-electron chi connectivity index (χ0n) is 10.6. The van der Waals surface area contributed by atoms with Gasteiger partial charge in [-0.2, -0.15) is 4.98 Å². The van der Waals surface area contributed by atoms with E-state index in [-0.39, 0.29) is 11.8 Å². The standard InChI is InChI=1S/C13H17N5O/c14-12(19)9-4-6-10(7-5-9)15-13-16-11-3-1-2-8-18(11)17-13/h1-3,8-10H,4-7H2,(H2,14,19)(H,15,17). The summed E-state index contributed by atoms with van der Waals surface area (Å²) >= 11 is 0. The molecule has 3 rings (SSSR count). The predicted octanol–water partition coefficient (Wildman–Crippen LogP) is 1.19. The van der Waals surface area contributed by atoms with E-state index in [1.165, 1.54) is 0 Å². The van der Waals surface area contributed by atoms with E-state index in [1.54, 1.807) is 4.52 Å². The molecule has 0 saturated heterocycles.